The average Bonchev–Trinajstić information content (AvgIpc) is 2.45. The number of carbonyl (C=O) groups excluding carboxylic acids is 2. The van der Waals surface area contributed by atoms with Gasteiger partial charge in [0.15, 0.2) is 0 Å². The Balaban J connectivity index is 2.45. The van der Waals surface area contributed by atoms with Crippen molar-refractivity contribution in [3.8, 4) is 6.07 Å². The number of ether oxygens (including phenoxy) is 2. The van der Waals surface area contributed by atoms with Crippen molar-refractivity contribution in [1.29, 1.82) is 5.26 Å². The van der Waals surface area contributed by atoms with E-state index in [1.807, 2.05) is 18.2 Å². The number of alkyl carbamates (subject to hydrolysis) is 1. The molecular formula is C13H14N2O4. The summed E-state index contributed by atoms with van der Waals surface area (Å²) in [5.74, 6) is -0.682. The van der Waals surface area contributed by atoms with Crippen molar-refractivity contribution < 1.29 is 19.1 Å². The Hall–Kier alpha value is -2.55. The van der Waals surface area contributed by atoms with Crippen molar-refractivity contribution in [2.24, 2.45) is 0 Å². The topological polar surface area (TPSA) is 88.4 Å². The Bertz CT molecular complexity index is 467. The Kier molecular flexibility index (Phi) is 5.89. The third kappa shape index (κ3) is 5.08. The second-order valence-corrected chi connectivity index (χ2v) is 3.64. The van der Waals surface area contributed by atoms with Gasteiger partial charge in [0.05, 0.1) is 19.6 Å². The molecule has 6 nitrogen and oxygen atoms in total. The first-order chi connectivity index (χ1) is 9.17. The van der Waals surface area contributed by atoms with Crippen molar-refractivity contribution in [3.63, 3.8) is 0 Å². The second-order valence-electron chi connectivity index (χ2n) is 3.64. The van der Waals surface area contributed by atoms with Crippen LogP contribution in [0.15, 0.2) is 30.3 Å². The monoisotopic (exact) mass is 262 g/mol. The summed E-state index contributed by atoms with van der Waals surface area (Å²) >= 11 is 0. The molecule has 1 amide bonds. The van der Waals surface area contributed by atoms with E-state index in [2.05, 4.69) is 10.1 Å². The Morgan fingerprint density at radius 3 is 2.63 bits per heavy atom. The molecule has 0 bridgehead atoms. The van der Waals surface area contributed by atoms with Gasteiger partial charge in [-0.05, 0) is 5.56 Å². The van der Waals surface area contributed by atoms with Gasteiger partial charge in [0.2, 0.25) is 0 Å². The maximum absolute atomic E-state index is 11.5. The molecule has 0 saturated carbocycles. The zero-order chi connectivity index (χ0) is 14.1. The van der Waals surface area contributed by atoms with E-state index in [4.69, 9.17) is 10.00 Å². The van der Waals surface area contributed by atoms with Crippen LogP contribution in [0.25, 0.3) is 0 Å². The van der Waals surface area contributed by atoms with Crippen molar-refractivity contribution in [2.45, 2.75) is 19.1 Å². The predicted octanol–water partition coefficient (Wildman–Crippen LogP) is 1.37. The quantitative estimate of drug-likeness (QED) is 0.809. The van der Waals surface area contributed by atoms with Crippen LogP contribution in [0.2, 0.25) is 0 Å². The van der Waals surface area contributed by atoms with E-state index in [9.17, 15) is 9.59 Å². The lowest BCUT2D eigenvalue weighted by Gasteiger charge is -2.13. The molecule has 1 N–H and O–H groups in total. The number of esters is 1. The summed E-state index contributed by atoms with van der Waals surface area (Å²) < 4.78 is 9.40. The fourth-order valence-corrected chi connectivity index (χ4v) is 1.33. The summed E-state index contributed by atoms with van der Waals surface area (Å²) in [6, 6.07) is 9.88. The molecule has 0 radical (unpaired) electrons. The number of carbonyl (C=O) groups is 2. The molecule has 0 aliphatic heterocycles. The SMILES string of the molecule is COC(=O)C(CC#N)NC(=O)OCc1ccccc1. The highest BCUT2D eigenvalue weighted by Gasteiger charge is 2.21. The zero-order valence-corrected chi connectivity index (χ0v) is 10.5. The summed E-state index contributed by atoms with van der Waals surface area (Å²) in [5.41, 5.74) is 0.826. The highest BCUT2D eigenvalue weighted by molar-refractivity contribution is 5.81. The molecule has 0 spiro atoms. The van der Waals surface area contributed by atoms with E-state index in [1.54, 1.807) is 18.2 Å². The number of benzene rings is 1. The molecule has 6 heteroatoms. The lowest BCUT2D eigenvalue weighted by molar-refractivity contribution is -0.142. The van der Waals surface area contributed by atoms with Gasteiger partial charge in [-0.25, -0.2) is 9.59 Å². The highest BCUT2D eigenvalue weighted by Crippen LogP contribution is 2.01. The van der Waals surface area contributed by atoms with Gasteiger partial charge in [0, 0.05) is 0 Å². The molecular weight excluding hydrogens is 248 g/mol. The van der Waals surface area contributed by atoms with Gasteiger partial charge < -0.3 is 14.8 Å². The molecule has 1 atom stereocenters. The number of amides is 1. The van der Waals surface area contributed by atoms with Crippen LogP contribution < -0.4 is 5.32 Å². The van der Waals surface area contributed by atoms with Crippen LogP contribution >= 0.6 is 0 Å². The van der Waals surface area contributed by atoms with Crippen LogP contribution in [0.3, 0.4) is 0 Å². The summed E-state index contributed by atoms with van der Waals surface area (Å²) in [4.78, 5) is 22.7. The van der Waals surface area contributed by atoms with Crippen LogP contribution in [0.1, 0.15) is 12.0 Å². The maximum atomic E-state index is 11.5. The highest BCUT2D eigenvalue weighted by atomic mass is 16.6. The molecule has 0 fully saturated rings. The number of methoxy groups -OCH3 is 1. The largest absolute Gasteiger partial charge is 0.467 e. The van der Waals surface area contributed by atoms with Gasteiger partial charge in [0.1, 0.15) is 12.6 Å². The first-order valence-corrected chi connectivity index (χ1v) is 5.59. The van der Waals surface area contributed by atoms with E-state index < -0.39 is 18.1 Å². The van der Waals surface area contributed by atoms with Gasteiger partial charge in [-0.1, -0.05) is 30.3 Å². The van der Waals surface area contributed by atoms with E-state index in [1.165, 1.54) is 7.11 Å². The van der Waals surface area contributed by atoms with Crippen LogP contribution in [-0.4, -0.2) is 25.2 Å². The standard InChI is InChI=1S/C13H14N2O4/c1-18-12(16)11(7-8-14)15-13(17)19-9-10-5-3-2-4-6-10/h2-6,11H,7,9H2,1H3,(H,15,17). The van der Waals surface area contributed by atoms with Crippen molar-refractivity contribution in [3.05, 3.63) is 35.9 Å². The number of nitrogens with zero attached hydrogens (tertiary/aromatic N) is 1. The Morgan fingerprint density at radius 2 is 2.05 bits per heavy atom. The molecule has 100 valence electrons. The predicted molar refractivity (Wildman–Crippen MR) is 65.8 cm³/mol. The Morgan fingerprint density at radius 1 is 1.37 bits per heavy atom. The molecule has 0 heterocycles. The smallest absolute Gasteiger partial charge is 0.408 e. The Labute approximate surface area is 110 Å². The third-order valence-corrected chi connectivity index (χ3v) is 2.29. The number of hydrogen-bond donors (Lipinski definition) is 1. The third-order valence-electron chi connectivity index (χ3n) is 2.29. The normalized spacial score (nSPS) is 10.9. The molecule has 1 aromatic rings. The van der Waals surface area contributed by atoms with Crippen molar-refractivity contribution >= 4 is 12.1 Å². The van der Waals surface area contributed by atoms with Crippen molar-refractivity contribution in [1.82, 2.24) is 5.32 Å². The molecule has 0 aromatic heterocycles. The molecule has 0 saturated heterocycles. The molecule has 0 aliphatic carbocycles. The van der Waals surface area contributed by atoms with E-state index in [0.717, 1.165) is 5.56 Å². The van der Waals surface area contributed by atoms with Crippen molar-refractivity contribution in [2.75, 3.05) is 7.11 Å². The van der Waals surface area contributed by atoms with Gasteiger partial charge in [-0.2, -0.15) is 5.26 Å². The molecule has 1 aromatic carbocycles. The maximum Gasteiger partial charge on any atom is 0.408 e. The van der Waals surface area contributed by atoms with Crippen LogP contribution in [0.5, 0.6) is 0 Å². The summed E-state index contributed by atoms with van der Waals surface area (Å²) in [7, 11) is 1.18. The molecule has 1 unspecified atom stereocenters. The van der Waals surface area contributed by atoms with Gasteiger partial charge in [0.25, 0.3) is 0 Å². The lowest BCUT2D eigenvalue weighted by atomic mass is 10.2. The minimum Gasteiger partial charge on any atom is -0.467 e. The number of hydrogen-bond acceptors (Lipinski definition) is 5. The number of nitrogens with one attached hydrogen (secondary N) is 1. The van der Waals surface area contributed by atoms with E-state index >= 15 is 0 Å². The minimum atomic E-state index is -1.02. The summed E-state index contributed by atoms with van der Waals surface area (Å²) in [5, 5.41) is 10.8. The average molecular weight is 262 g/mol. The van der Waals surface area contributed by atoms with Crippen LogP contribution in [0.4, 0.5) is 4.79 Å². The molecule has 19 heavy (non-hydrogen) atoms. The second kappa shape index (κ2) is 7.71. The zero-order valence-electron chi connectivity index (χ0n) is 10.5. The summed E-state index contributed by atoms with van der Waals surface area (Å²) in [6.45, 7) is 0.0904. The van der Waals surface area contributed by atoms with E-state index in [0.29, 0.717) is 0 Å². The fourth-order valence-electron chi connectivity index (χ4n) is 1.33. The van der Waals surface area contributed by atoms with Gasteiger partial charge in [-0.15, -0.1) is 0 Å². The van der Waals surface area contributed by atoms with Crippen LogP contribution in [-0.2, 0) is 20.9 Å². The number of rotatable bonds is 5. The minimum absolute atomic E-state index is 0.0904. The summed E-state index contributed by atoms with van der Waals surface area (Å²) in [6.07, 6.45) is -0.942. The van der Waals surface area contributed by atoms with E-state index in [-0.39, 0.29) is 13.0 Å². The lowest BCUT2D eigenvalue weighted by Crippen LogP contribution is -2.41. The first-order valence-electron chi connectivity index (χ1n) is 5.59. The van der Waals surface area contributed by atoms with Gasteiger partial charge >= 0.3 is 12.1 Å². The van der Waals surface area contributed by atoms with Crippen LogP contribution in [0, 0.1) is 11.3 Å². The molecule has 0 aliphatic rings. The fraction of sp³-hybridized carbons (Fsp3) is 0.308. The number of nitriles is 1. The van der Waals surface area contributed by atoms with Gasteiger partial charge in [-0.3, -0.25) is 0 Å². The molecule has 1 rings (SSSR count). The first kappa shape index (κ1) is 14.5.